The van der Waals surface area contributed by atoms with Gasteiger partial charge >= 0.3 is 0 Å². The summed E-state index contributed by atoms with van der Waals surface area (Å²) in [5.41, 5.74) is 0.927. The highest BCUT2D eigenvalue weighted by Gasteiger charge is 2.21. The molecule has 0 bridgehead atoms. The number of rotatable bonds is 8. The summed E-state index contributed by atoms with van der Waals surface area (Å²) >= 11 is 0. The molecule has 1 aromatic carbocycles. The van der Waals surface area contributed by atoms with Gasteiger partial charge in [-0.3, -0.25) is 0 Å². The predicted molar refractivity (Wildman–Crippen MR) is 114 cm³/mol. The third-order valence-corrected chi connectivity index (χ3v) is 4.16. The topological polar surface area (TPSA) is 46.1 Å². The molecule has 1 saturated heterocycles. The summed E-state index contributed by atoms with van der Waals surface area (Å²) in [6.07, 6.45) is -0.149. The Morgan fingerprint density at radius 2 is 2.04 bits per heavy atom. The molecule has 27 heavy (non-hydrogen) atoms. The van der Waals surface area contributed by atoms with Gasteiger partial charge in [0, 0.05) is 26.2 Å². The highest BCUT2D eigenvalue weighted by atomic mass is 127. The van der Waals surface area contributed by atoms with Crippen molar-refractivity contribution in [3.8, 4) is 5.75 Å². The maximum absolute atomic E-state index is 12.3. The van der Waals surface area contributed by atoms with Gasteiger partial charge in [0.25, 0.3) is 6.43 Å². The quantitative estimate of drug-likeness (QED) is 0.336. The zero-order valence-corrected chi connectivity index (χ0v) is 18.3. The lowest BCUT2D eigenvalue weighted by Crippen LogP contribution is -2.47. The van der Waals surface area contributed by atoms with Crippen LogP contribution in [0.3, 0.4) is 0 Å². The van der Waals surface area contributed by atoms with E-state index in [0.29, 0.717) is 18.4 Å². The molecule has 0 radical (unpaired) electrons. The monoisotopic (exact) mass is 497 g/mol. The van der Waals surface area contributed by atoms with Crippen molar-refractivity contribution >= 4 is 29.9 Å². The molecule has 0 saturated carbocycles. The number of aliphatic imine (C=N–C) groups is 1. The van der Waals surface area contributed by atoms with E-state index in [1.54, 1.807) is 18.2 Å². The number of piperidine rings is 1. The average Bonchev–Trinajstić information content (AvgIpc) is 2.65. The third kappa shape index (κ3) is 8.59. The highest BCUT2D eigenvalue weighted by Crippen LogP contribution is 2.16. The molecule has 2 rings (SSSR count). The van der Waals surface area contributed by atoms with E-state index < -0.39 is 13.0 Å². The Morgan fingerprint density at radius 3 is 2.67 bits per heavy atom. The lowest BCUT2D eigenvalue weighted by molar-refractivity contribution is 0.0263. The summed E-state index contributed by atoms with van der Waals surface area (Å²) in [6.45, 7) is 7.31. The molecule has 0 unspecified atom stereocenters. The second-order valence-electron chi connectivity index (χ2n) is 6.16. The van der Waals surface area contributed by atoms with Gasteiger partial charge in [0.1, 0.15) is 12.4 Å². The van der Waals surface area contributed by atoms with Gasteiger partial charge in [-0.15, -0.1) is 24.0 Å². The number of hydrogen-bond donors (Lipinski definition) is 1. The van der Waals surface area contributed by atoms with Crippen molar-refractivity contribution in [1.82, 2.24) is 10.2 Å². The largest absolute Gasteiger partial charge is 0.488 e. The Kier molecular flexibility index (Phi) is 11.6. The summed E-state index contributed by atoms with van der Waals surface area (Å²) in [5, 5.41) is 3.33. The Bertz CT molecular complexity index is 568. The van der Waals surface area contributed by atoms with Crippen LogP contribution >= 0.6 is 24.0 Å². The van der Waals surface area contributed by atoms with Crippen molar-refractivity contribution in [3.63, 3.8) is 0 Å². The molecule has 1 fully saturated rings. The molecule has 1 aliphatic heterocycles. The van der Waals surface area contributed by atoms with E-state index in [9.17, 15) is 8.78 Å². The molecule has 0 aliphatic carbocycles. The molecule has 0 amide bonds. The first-order chi connectivity index (χ1) is 12.6. The van der Waals surface area contributed by atoms with Crippen LogP contribution < -0.4 is 10.1 Å². The van der Waals surface area contributed by atoms with Crippen molar-refractivity contribution in [2.24, 2.45) is 4.99 Å². The third-order valence-electron chi connectivity index (χ3n) is 4.16. The van der Waals surface area contributed by atoms with Gasteiger partial charge in [0.2, 0.25) is 0 Å². The van der Waals surface area contributed by atoms with Crippen LogP contribution in [0.4, 0.5) is 8.78 Å². The SMILES string of the molecule is CCNC(=NCc1cccc(OCC(F)F)c1)N1CCC(OCC)CC1.I. The van der Waals surface area contributed by atoms with Crippen LogP contribution in [0.1, 0.15) is 32.3 Å². The predicted octanol–water partition coefficient (Wildman–Crippen LogP) is 3.91. The van der Waals surface area contributed by atoms with Crippen molar-refractivity contribution in [3.05, 3.63) is 29.8 Å². The fourth-order valence-corrected chi connectivity index (χ4v) is 2.95. The first kappa shape index (κ1) is 23.9. The maximum atomic E-state index is 12.3. The van der Waals surface area contributed by atoms with Gasteiger partial charge in [-0.1, -0.05) is 12.1 Å². The molecule has 1 aromatic rings. The van der Waals surface area contributed by atoms with Crippen molar-refractivity contribution in [2.45, 2.75) is 45.8 Å². The van der Waals surface area contributed by atoms with Crippen LogP contribution in [-0.2, 0) is 11.3 Å². The minimum Gasteiger partial charge on any atom is -0.488 e. The minimum atomic E-state index is -2.48. The van der Waals surface area contributed by atoms with Crippen molar-refractivity contribution < 1.29 is 18.3 Å². The van der Waals surface area contributed by atoms with Gasteiger partial charge < -0.3 is 19.7 Å². The Labute approximate surface area is 177 Å². The van der Waals surface area contributed by atoms with Crippen molar-refractivity contribution in [2.75, 3.05) is 32.8 Å². The molecule has 8 heteroatoms. The fourth-order valence-electron chi connectivity index (χ4n) is 2.95. The second-order valence-corrected chi connectivity index (χ2v) is 6.16. The number of nitrogens with one attached hydrogen (secondary N) is 1. The van der Waals surface area contributed by atoms with Gasteiger partial charge in [0.15, 0.2) is 5.96 Å². The fraction of sp³-hybridized carbons (Fsp3) is 0.632. The van der Waals surface area contributed by atoms with E-state index >= 15 is 0 Å². The second kappa shape index (κ2) is 13.1. The molecule has 0 atom stereocenters. The average molecular weight is 497 g/mol. The van der Waals surface area contributed by atoms with Crippen LogP contribution in [0.25, 0.3) is 0 Å². The first-order valence-corrected chi connectivity index (χ1v) is 9.27. The first-order valence-electron chi connectivity index (χ1n) is 9.27. The number of guanidine groups is 1. The van der Waals surface area contributed by atoms with Crippen LogP contribution in [0.15, 0.2) is 29.3 Å². The van der Waals surface area contributed by atoms with Crippen LogP contribution in [0, 0.1) is 0 Å². The van der Waals surface area contributed by atoms with E-state index in [1.807, 2.05) is 19.9 Å². The molecular formula is C19H30F2IN3O2. The summed E-state index contributed by atoms with van der Waals surface area (Å²) in [5.74, 6) is 1.32. The molecule has 1 heterocycles. The maximum Gasteiger partial charge on any atom is 0.272 e. The molecule has 1 N–H and O–H groups in total. The number of likely N-dealkylation sites (tertiary alicyclic amines) is 1. The highest BCUT2D eigenvalue weighted by molar-refractivity contribution is 14.0. The number of benzene rings is 1. The smallest absolute Gasteiger partial charge is 0.272 e. The lowest BCUT2D eigenvalue weighted by Gasteiger charge is -2.34. The number of halogens is 3. The van der Waals surface area contributed by atoms with E-state index in [2.05, 4.69) is 10.2 Å². The molecule has 0 aromatic heterocycles. The molecule has 0 spiro atoms. The van der Waals surface area contributed by atoms with E-state index in [1.165, 1.54) is 0 Å². The zero-order valence-electron chi connectivity index (χ0n) is 16.0. The normalized spacial score (nSPS) is 15.6. The van der Waals surface area contributed by atoms with Crippen LogP contribution in [0.2, 0.25) is 0 Å². The van der Waals surface area contributed by atoms with Gasteiger partial charge in [0.05, 0.1) is 12.6 Å². The minimum absolute atomic E-state index is 0. The Morgan fingerprint density at radius 1 is 1.30 bits per heavy atom. The number of alkyl halides is 2. The summed E-state index contributed by atoms with van der Waals surface area (Å²) in [7, 11) is 0. The van der Waals surface area contributed by atoms with Gasteiger partial charge in [-0.25, -0.2) is 13.8 Å². The van der Waals surface area contributed by atoms with Gasteiger partial charge in [-0.05, 0) is 44.4 Å². The van der Waals surface area contributed by atoms with Crippen LogP contribution in [-0.4, -0.2) is 56.2 Å². The van der Waals surface area contributed by atoms with E-state index in [4.69, 9.17) is 14.5 Å². The molecular weight excluding hydrogens is 467 g/mol. The van der Waals surface area contributed by atoms with Crippen molar-refractivity contribution in [1.29, 1.82) is 0 Å². The zero-order chi connectivity index (χ0) is 18.8. The standard InChI is InChI=1S/C19H29F2N3O2.HI/c1-3-22-19(24-10-8-16(9-11-24)25-4-2)23-13-15-6-5-7-17(12-15)26-14-18(20)21;/h5-7,12,16,18H,3-4,8-11,13-14H2,1-2H3,(H,22,23);1H. The van der Waals surface area contributed by atoms with Gasteiger partial charge in [-0.2, -0.15) is 0 Å². The summed E-state index contributed by atoms with van der Waals surface area (Å²) in [4.78, 5) is 6.95. The lowest BCUT2D eigenvalue weighted by atomic mass is 10.1. The number of nitrogens with zero attached hydrogens (tertiary/aromatic N) is 2. The molecule has 1 aliphatic rings. The van der Waals surface area contributed by atoms with Crippen LogP contribution in [0.5, 0.6) is 5.75 Å². The summed E-state index contributed by atoms with van der Waals surface area (Å²) < 4.78 is 35.3. The Hall–Kier alpha value is -1.16. The van der Waals surface area contributed by atoms with E-state index in [-0.39, 0.29) is 24.0 Å². The van der Waals surface area contributed by atoms with E-state index in [0.717, 1.165) is 50.6 Å². The number of hydrogen-bond acceptors (Lipinski definition) is 3. The Balaban J connectivity index is 0.00000364. The number of ether oxygens (including phenoxy) is 2. The molecule has 5 nitrogen and oxygen atoms in total. The summed E-state index contributed by atoms with van der Waals surface area (Å²) in [6, 6.07) is 7.16. The molecule has 154 valence electrons.